The topological polar surface area (TPSA) is 26.0 Å². The number of nitrogens with two attached hydrogens (primary N) is 1. The first-order chi connectivity index (χ1) is 5.93. The molecule has 0 unspecified atom stereocenters. The van der Waals surface area contributed by atoms with Crippen LogP contribution >= 0.6 is 0 Å². The van der Waals surface area contributed by atoms with Gasteiger partial charge in [-0.1, -0.05) is 44.3 Å². The highest BCUT2D eigenvalue weighted by Crippen LogP contribution is 2.26. The summed E-state index contributed by atoms with van der Waals surface area (Å²) >= 11 is 0. The Bertz CT molecular complexity index is 123. The monoisotopic (exact) mass is 167 g/mol. The van der Waals surface area contributed by atoms with Gasteiger partial charge in [0.1, 0.15) is 0 Å². The number of hydrogen-bond donors (Lipinski definition) is 1. The third-order valence-corrected chi connectivity index (χ3v) is 2.69. The van der Waals surface area contributed by atoms with E-state index in [-0.39, 0.29) is 0 Å². The predicted molar refractivity (Wildman–Crippen MR) is 54.0 cm³/mol. The van der Waals surface area contributed by atoms with Crippen molar-refractivity contribution in [2.75, 3.05) is 6.54 Å². The maximum absolute atomic E-state index is 5.40. The molecule has 0 spiro atoms. The van der Waals surface area contributed by atoms with Crippen molar-refractivity contribution < 1.29 is 0 Å². The maximum Gasteiger partial charge on any atom is -0.00426 e. The molecule has 0 amide bonds. The standard InChI is InChI=1S/C11H21N/c12-10-6-2-5-9-11-7-3-1-4-8-11/h2,5,11H,1,3-4,6-10,12H2. The molecule has 0 aromatic rings. The lowest BCUT2D eigenvalue weighted by Crippen LogP contribution is -2.04. The molecule has 70 valence electrons. The SMILES string of the molecule is NCCC=CCC1CCCCC1. The summed E-state index contributed by atoms with van der Waals surface area (Å²) in [5.41, 5.74) is 5.40. The summed E-state index contributed by atoms with van der Waals surface area (Å²) in [7, 11) is 0. The van der Waals surface area contributed by atoms with Crippen LogP contribution in [0.3, 0.4) is 0 Å². The second-order valence-electron chi connectivity index (χ2n) is 3.79. The van der Waals surface area contributed by atoms with Crippen molar-refractivity contribution in [3.05, 3.63) is 12.2 Å². The van der Waals surface area contributed by atoms with E-state index >= 15 is 0 Å². The largest absolute Gasteiger partial charge is 0.330 e. The fraction of sp³-hybridized carbons (Fsp3) is 0.818. The summed E-state index contributed by atoms with van der Waals surface area (Å²) in [5, 5.41) is 0. The first kappa shape index (κ1) is 9.79. The van der Waals surface area contributed by atoms with E-state index in [1.807, 2.05) is 0 Å². The van der Waals surface area contributed by atoms with Crippen molar-refractivity contribution in [2.45, 2.75) is 44.9 Å². The van der Waals surface area contributed by atoms with Gasteiger partial charge < -0.3 is 5.73 Å². The van der Waals surface area contributed by atoms with Gasteiger partial charge in [-0.15, -0.1) is 0 Å². The van der Waals surface area contributed by atoms with Gasteiger partial charge in [0.2, 0.25) is 0 Å². The zero-order valence-electron chi connectivity index (χ0n) is 7.97. The van der Waals surface area contributed by atoms with Gasteiger partial charge in [0.25, 0.3) is 0 Å². The molecule has 0 aliphatic heterocycles. The maximum atomic E-state index is 5.40. The molecule has 1 fully saturated rings. The molecule has 1 heteroatoms. The smallest absolute Gasteiger partial charge is 0.00426 e. The third kappa shape index (κ3) is 3.91. The molecule has 0 aromatic carbocycles. The Balaban J connectivity index is 2.04. The Morgan fingerprint density at radius 3 is 2.50 bits per heavy atom. The molecule has 1 aliphatic carbocycles. The fourth-order valence-corrected chi connectivity index (χ4v) is 1.93. The lowest BCUT2D eigenvalue weighted by atomic mass is 9.87. The van der Waals surface area contributed by atoms with Crippen LogP contribution in [0.2, 0.25) is 0 Å². The van der Waals surface area contributed by atoms with E-state index in [0.717, 1.165) is 18.9 Å². The molecule has 0 aromatic heterocycles. The summed E-state index contributed by atoms with van der Waals surface area (Å²) in [6.07, 6.45) is 14.2. The minimum absolute atomic E-state index is 0.793. The van der Waals surface area contributed by atoms with Gasteiger partial charge in [-0.2, -0.15) is 0 Å². The molecule has 1 aliphatic rings. The normalized spacial score (nSPS) is 20.4. The van der Waals surface area contributed by atoms with Gasteiger partial charge in [0, 0.05) is 0 Å². The van der Waals surface area contributed by atoms with Crippen molar-refractivity contribution in [1.29, 1.82) is 0 Å². The molecule has 0 saturated heterocycles. The second-order valence-corrected chi connectivity index (χ2v) is 3.79. The van der Waals surface area contributed by atoms with Gasteiger partial charge in [0.05, 0.1) is 0 Å². The highest BCUT2D eigenvalue weighted by Gasteiger charge is 2.10. The van der Waals surface area contributed by atoms with Crippen molar-refractivity contribution in [3.8, 4) is 0 Å². The van der Waals surface area contributed by atoms with Gasteiger partial charge >= 0.3 is 0 Å². The zero-order chi connectivity index (χ0) is 8.65. The molecule has 1 rings (SSSR count). The summed E-state index contributed by atoms with van der Waals surface area (Å²) in [6.45, 7) is 0.793. The lowest BCUT2D eigenvalue weighted by Gasteiger charge is -2.19. The molecule has 1 saturated carbocycles. The van der Waals surface area contributed by atoms with Gasteiger partial charge in [-0.25, -0.2) is 0 Å². The molecular weight excluding hydrogens is 146 g/mol. The van der Waals surface area contributed by atoms with E-state index in [2.05, 4.69) is 12.2 Å². The summed E-state index contributed by atoms with van der Waals surface area (Å²) in [5.74, 6) is 0.979. The highest BCUT2D eigenvalue weighted by atomic mass is 14.5. The van der Waals surface area contributed by atoms with Crippen LogP contribution in [0.5, 0.6) is 0 Å². The molecule has 0 atom stereocenters. The highest BCUT2D eigenvalue weighted by molar-refractivity contribution is 4.85. The summed E-state index contributed by atoms with van der Waals surface area (Å²) in [6, 6.07) is 0. The molecule has 0 heterocycles. The van der Waals surface area contributed by atoms with Gasteiger partial charge in [-0.05, 0) is 25.3 Å². The van der Waals surface area contributed by atoms with E-state index in [0.29, 0.717) is 0 Å². The van der Waals surface area contributed by atoms with Crippen LogP contribution < -0.4 is 5.73 Å². The van der Waals surface area contributed by atoms with Crippen LogP contribution in [0.4, 0.5) is 0 Å². The summed E-state index contributed by atoms with van der Waals surface area (Å²) < 4.78 is 0. The zero-order valence-corrected chi connectivity index (χ0v) is 7.97. The van der Waals surface area contributed by atoms with Crippen molar-refractivity contribution in [1.82, 2.24) is 0 Å². The molecule has 1 nitrogen and oxygen atoms in total. The van der Waals surface area contributed by atoms with Crippen molar-refractivity contribution in [2.24, 2.45) is 11.7 Å². The van der Waals surface area contributed by atoms with Crippen LogP contribution in [-0.2, 0) is 0 Å². The quantitative estimate of drug-likeness (QED) is 0.640. The van der Waals surface area contributed by atoms with Crippen LogP contribution in [0.25, 0.3) is 0 Å². The van der Waals surface area contributed by atoms with Crippen LogP contribution in [0.1, 0.15) is 44.9 Å². The minimum Gasteiger partial charge on any atom is -0.330 e. The van der Waals surface area contributed by atoms with Gasteiger partial charge in [0.15, 0.2) is 0 Å². The molecule has 0 bridgehead atoms. The number of hydrogen-bond acceptors (Lipinski definition) is 1. The van der Waals surface area contributed by atoms with E-state index in [1.165, 1.54) is 38.5 Å². The number of allylic oxidation sites excluding steroid dienone is 1. The van der Waals surface area contributed by atoms with Crippen molar-refractivity contribution >= 4 is 0 Å². The molecule has 0 radical (unpaired) electrons. The van der Waals surface area contributed by atoms with E-state index < -0.39 is 0 Å². The van der Waals surface area contributed by atoms with E-state index in [4.69, 9.17) is 5.73 Å². The number of rotatable bonds is 4. The first-order valence-corrected chi connectivity index (χ1v) is 5.28. The van der Waals surface area contributed by atoms with Crippen LogP contribution in [0.15, 0.2) is 12.2 Å². The molecule has 2 N–H and O–H groups in total. The molecule has 12 heavy (non-hydrogen) atoms. The first-order valence-electron chi connectivity index (χ1n) is 5.28. The molecular formula is C11H21N. The predicted octanol–water partition coefficient (Wildman–Crippen LogP) is 2.86. The average Bonchev–Trinajstić information content (AvgIpc) is 2.14. The summed E-state index contributed by atoms with van der Waals surface area (Å²) in [4.78, 5) is 0. The van der Waals surface area contributed by atoms with Crippen LogP contribution in [-0.4, -0.2) is 6.54 Å². The van der Waals surface area contributed by atoms with Crippen molar-refractivity contribution in [3.63, 3.8) is 0 Å². The van der Waals surface area contributed by atoms with E-state index in [1.54, 1.807) is 0 Å². The second kappa shape index (κ2) is 6.24. The Morgan fingerprint density at radius 1 is 1.08 bits per heavy atom. The van der Waals surface area contributed by atoms with Gasteiger partial charge in [-0.3, -0.25) is 0 Å². The fourth-order valence-electron chi connectivity index (χ4n) is 1.93. The Hall–Kier alpha value is -0.300. The average molecular weight is 167 g/mol. The Morgan fingerprint density at radius 2 is 1.83 bits per heavy atom. The van der Waals surface area contributed by atoms with E-state index in [9.17, 15) is 0 Å². The minimum atomic E-state index is 0.793. The third-order valence-electron chi connectivity index (χ3n) is 2.69. The Kier molecular flexibility index (Phi) is 5.09. The Labute approximate surface area is 76.0 Å². The van der Waals surface area contributed by atoms with Crippen LogP contribution in [0, 0.1) is 5.92 Å². The lowest BCUT2D eigenvalue weighted by molar-refractivity contribution is 0.361.